The highest BCUT2D eigenvalue weighted by Crippen LogP contribution is 2.15. The van der Waals surface area contributed by atoms with Gasteiger partial charge in [0.25, 0.3) is 10.1 Å². The lowest BCUT2D eigenvalue weighted by molar-refractivity contribution is 0.252. The van der Waals surface area contributed by atoms with Crippen LogP contribution in [0.3, 0.4) is 0 Å². The molecule has 6 nitrogen and oxygen atoms in total. The van der Waals surface area contributed by atoms with Gasteiger partial charge in [-0.05, 0) is 42.3 Å². The number of rotatable bonds is 5. The molecular weight excluding hydrogens is 340 g/mol. The standard InChI is InChI=1S/C15H15ClN2O4S/c16-14-4-2-1-3-11(14)9-10-17-15(19)18-12-5-7-13(8-6-12)23(20,21)22/h1-8H,9-10H2,(H2,17,18,19)(H,20,21,22). The first-order valence-electron chi connectivity index (χ1n) is 6.72. The quantitative estimate of drug-likeness (QED) is 0.719. The van der Waals surface area contributed by atoms with Gasteiger partial charge in [0.15, 0.2) is 0 Å². The predicted octanol–water partition coefficient (Wildman–Crippen LogP) is 2.95. The van der Waals surface area contributed by atoms with Crippen molar-refractivity contribution in [2.45, 2.75) is 11.3 Å². The lowest BCUT2D eigenvalue weighted by Crippen LogP contribution is -2.30. The molecule has 0 aliphatic rings. The van der Waals surface area contributed by atoms with Gasteiger partial charge in [0.05, 0.1) is 4.90 Å². The second-order valence-electron chi connectivity index (χ2n) is 4.72. The maximum absolute atomic E-state index is 11.7. The first-order chi connectivity index (χ1) is 10.9. The molecule has 0 spiro atoms. The molecule has 23 heavy (non-hydrogen) atoms. The van der Waals surface area contributed by atoms with Gasteiger partial charge in [0.2, 0.25) is 0 Å². The Hall–Kier alpha value is -2.09. The van der Waals surface area contributed by atoms with Gasteiger partial charge in [-0.25, -0.2) is 4.79 Å². The van der Waals surface area contributed by atoms with E-state index in [0.717, 1.165) is 5.56 Å². The fourth-order valence-electron chi connectivity index (χ4n) is 1.90. The van der Waals surface area contributed by atoms with E-state index in [0.29, 0.717) is 23.7 Å². The van der Waals surface area contributed by atoms with E-state index in [9.17, 15) is 13.2 Å². The maximum Gasteiger partial charge on any atom is 0.319 e. The lowest BCUT2D eigenvalue weighted by Gasteiger charge is -2.08. The largest absolute Gasteiger partial charge is 0.338 e. The summed E-state index contributed by atoms with van der Waals surface area (Å²) in [4.78, 5) is 11.5. The monoisotopic (exact) mass is 354 g/mol. The van der Waals surface area contributed by atoms with Gasteiger partial charge in [-0.3, -0.25) is 4.55 Å². The molecule has 2 rings (SSSR count). The molecule has 3 N–H and O–H groups in total. The molecule has 2 aromatic rings. The van der Waals surface area contributed by atoms with Gasteiger partial charge in [-0.1, -0.05) is 29.8 Å². The van der Waals surface area contributed by atoms with Crippen LogP contribution in [0, 0.1) is 0 Å². The Balaban J connectivity index is 1.84. The molecule has 0 saturated heterocycles. The molecule has 2 aromatic carbocycles. The summed E-state index contributed by atoms with van der Waals surface area (Å²) < 4.78 is 30.7. The van der Waals surface area contributed by atoms with Gasteiger partial charge in [-0.2, -0.15) is 8.42 Å². The average molecular weight is 355 g/mol. The molecule has 0 unspecified atom stereocenters. The smallest absolute Gasteiger partial charge is 0.319 e. The lowest BCUT2D eigenvalue weighted by atomic mass is 10.1. The van der Waals surface area contributed by atoms with Gasteiger partial charge in [-0.15, -0.1) is 0 Å². The molecule has 0 bridgehead atoms. The summed E-state index contributed by atoms with van der Waals surface area (Å²) in [6.07, 6.45) is 0.592. The van der Waals surface area contributed by atoms with Crippen LogP contribution in [0.5, 0.6) is 0 Å². The third-order valence-corrected chi connectivity index (χ3v) is 4.28. The molecule has 0 aliphatic carbocycles. The van der Waals surface area contributed by atoms with Crippen LogP contribution in [0.2, 0.25) is 5.02 Å². The van der Waals surface area contributed by atoms with Crippen LogP contribution in [0.25, 0.3) is 0 Å². The highest BCUT2D eigenvalue weighted by molar-refractivity contribution is 7.85. The number of carbonyl (C=O) groups is 1. The first-order valence-corrected chi connectivity index (χ1v) is 8.54. The number of amides is 2. The van der Waals surface area contributed by atoms with Crippen LogP contribution in [-0.2, 0) is 16.5 Å². The minimum atomic E-state index is -4.24. The predicted molar refractivity (Wildman–Crippen MR) is 88.4 cm³/mol. The van der Waals surface area contributed by atoms with Crippen molar-refractivity contribution >= 4 is 33.4 Å². The zero-order valence-electron chi connectivity index (χ0n) is 12.0. The van der Waals surface area contributed by atoms with E-state index in [2.05, 4.69) is 10.6 Å². The molecule has 8 heteroatoms. The van der Waals surface area contributed by atoms with E-state index in [1.54, 1.807) is 6.07 Å². The van der Waals surface area contributed by atoms with E-state index in [1.807, 2.05) is 18.2 Å². The van der Waals surface area contributed by atoms with Crippen LogP contribution in [0.15, 0.2) is 53.4 Å². The van der Waals surface area contributed by atoms with Crippen molar-refractivity contribution in [1.82, 2.24) is 5.32 Å². The van der Waals surface area contributed by atoms with Gasteiger partial charge >= 0.3 is 6.03 Å². The molecule has 0 fully saturated rings. The van der Waals surface area contributed by atoms with E-state index in [4.69, 9.17) is 16.2 Å². The SMILES string of the molecule is O=C(NCCc1ccccc1Cl)Nc1ccc(S(=O)(=O)O)cc1. The van der Waals surface area contributed by atoms with Crippen molar-refractivity contribution in [3.05, 3.63) is 59.1 Å². The Morgan fingerprint density at radius 1 is 1.09 bits per heavy atom. The van der Waals surface area contributed by atoms with E-state index >= 15 is 0 Å². The van der Waals surface area contributed by atoms with Crippen molar-refractivity contribution < 1.29 is 17.8 Å². The summed E-state index contributed by atoms with van der Waals surface area (Å²) in [6.45, 7) is 0.401. The third-order valence-electron chi connectivity index (χ3n) is 3.05. The van der Waals surface area contributed by atoms with Crippen LogP contribution in [-0.4, -0.2) is 25.5 Å². The Labute approximate surface area is 139 Å². The van der Waals surface area contributed by atoms with Crippen molar-refractivity contribution in [2.75, 3.05) is 11.9 Å². The van der Waals surface area contributed by atoms with Gasteiger partial charge in [0, 0.05) is 17.3 Å². The summed E-state index contributed by atoms with van der Waals surface area (Å²) in [5.74, 6) is 0. The Kier molecular flexibility index (Phi) is 5.59. The number of benzene rings is 2. The second kappa shape index (κ2) is 7.45. The number of hydrogen-bond donors (Lipinski definition) is 3. The number of halogens is 1. The molecule has 0 atom stereocenters. The number of nitrogens with one attached hydrogen (secondary N) is 2. The average Bonchev–Trinajstić information content (AvgIpc) is 2.49. The minimum absolute atomic E-state index is 0.234. The van der Waals surface area contributed by atoms with Gasteiger partial charge in [0.1, 0.15) is 0 Å². The molecule has 2 amide bonds. The molecular formula is C15H15ClN2O4S. The molecule has 0 heterocycles. The van der Waals surface area contributed by atoms with Crippen molar-refractivity contribution in [2.24, 2.45) is 0 Å². The summed E-state index contributed by atoms with van der Waals surface area (Å²) >= 11 is 6.02. The molecule has 122 valence electrons. The second-order valence-corrected chi connectivity index (χ2v) is 6.55. The highest BCUT2D eigenvalue weighted by Gasteiger charge is 2.09. The molecule has 0 aliphatic heterocycles. The van der Waals surface area contributed by atoms with Crippen LogP contribution in [0.4, 0.5) is 10.5 Å². The summed E-state index contributed by atoms with van der Waals surface area (Å²) in [7, 11) is -4.24. The van der Waals surface area contributed by atoms with Crippen molar-refractivity contribution in [3.63, 3.8) is 0 Å². The molecule has 0 saturated carbocycles. The Bertz CT molecular complexity index is 791. The van der Waals surface area contributed by atoms with Crippen LogP contribution >= 0.6 is 11.6 Å². The topological polar surface area (TPSA) is 95.5 Å². The van der Waals surface area contributed by atoms with Crippen molar-refractivity contribution in [1.29, 1.82) is 0 Å². The Morgan fingerprint density at radius 3 is 2.35 bits per heavy atom. The van der Waals surface area contributed by atoms with Crippen LogP contribution in [0.1, 0.15) is 5.56 Å². The van der Waals surface area contributed by atoms with E-state index in [1.165, 1.54) is 24.3 Å². The minimum Gasteiger partial charge on any atom is -0.338 e. The van der Waals surface area contributed by atoms with Gasteiger partial charge < -0.3 is 10.6 Å². The third kappa shape index (κ3) is 5.24. The van der Waals surface area contributed by atoms with Crippen molar-refractivity contribution in [3.8, 4) is 0 Å². The van der Waals surface area contributed by atoms with E-state index in [-0.39, 0.29) is 4.90 Å². The number of anilines is 1. The number of hydrogen-bond acceptors (Lipinski definition) is 3. The maximum atomic E-state index is 11.7. The zero-order valence-corrected chi connectivity index (χ0v) is 13.6. The summed E-state index contributed by atoms with van der Waals surface area (Å²) in [6, 6.07) is 12.1. The fraction of sp³-hybridized carbons (Fsp3) is 0.133. The number of urea groups is 1. The Morgan fingerprint density at radius 2 is 1.74 bits per heavy atom. The fourth-order valence-corrected chi connectivity index (χ4v) is 2.61. The highest BCUT2D eigenvalue weighted by atomic mass is 35.5. The zero-order chi connectivity index (χ0) is 16.9. The number of carbonyl (C=O) groups excluding carboxylic acids is 1. The first kappa shape index (κ1) is 17.3. The molecule has 0 aromatic heterocycles. The molecule has 0 radical (unpaired) electrons. The van der Waals surface area contributed by atoms with E-state index < -0.39 is 16.1 Å². The summed E-state index contributed by atoms with van der Waals surface area (Å²) in [5.41, 5.74) is 1.35. The van der Waals surface area contributed by atoms with Crippen LogP contribution < -0.4 is 10.6 Å². The summed E-state index contributed by atoms with van der Waals surface area (Å²) in [5, 5.41) is 5.89. The normalized spacial score (nSPS) is 11.0.